The maximum Gasteiger partial charge on any atom is 0.264 e. The molecule has 0 radical (unpaired) electrons. The highest BCUT2D eigenvalue weighted by molar-refractivity contribution is 7.92. The summed E-state index contributed by atoms with van der Waals surface area (Å²) < 4.78 is 37.2. The van der Waals surface area contributed by atoms with Crippen molar-refractivity contribution < 1.29 is 27.6 Å². The lowest BCUT2D eigenvalue weighted by molar-refractivity contribution is -0.132. The van der Waals surface area contributed by atoms with Crippen LogP contribution in [0, 0.1) is 19.7 Å². The number of benzene rings is 1. The molecule has 2 atom stereocenters. The number of aryl methyl sites for hydroxylation is 2. The number of hydrogen-bond donors (Lipinski definition) is 2. The van der Waals surface area contributed by atoms with E-state index in [1.165, 1.54) is 18.5 Å². The zero-order valence-corrected chi connectivity index (χ0v) is 18.5. The summed E-state index contributed by atoms with van der Waals surface area (Å²) in [6.45, 7) is 4.89. The molecule has 0 saturated carbocycles. The molecule has 0 saturated heterocycles. The van der Waals surface area contributed by atoms with E-state index in [0.29, 0.717) is 16.8 Å². The number of nitrogens with zero attached hydrogens (tertiary/aromatic N) is 2. The Morgan fingerprint density at radius 3 is 2.45 bits per heavy atom. The number of sulfone groups is 1. The van der Waals surface area contributed by atoms with Crippen LogP contribution in [0.2, 0.25) is 0 Å². The molecule has 1 aromatic heterocycles. The summed E-state index contributed by atoms with van der Waals surface area (Å²) >= 11 is 0. The third kappa shape index (κ3) is 4.59. The molecule has 1 aromatic carbocycles. The van der Waals surface area contributed by atoms with Crippen LogP contribution in [0.5, 0.6) is 0 Å². The standard InChI is InChI=1S/C21H24FN3O5S/c1-12-7-15(8-13(2)23-12)17-6-5-14(9-18(17)22)19-10-16(30-25-19)11-21(3,20(26)24-27)31(4,28)29/h5-9,16,27H,10-11H2,1-4H3,(H,24,26)/t16-,21-/m1/s1. The molecule has 1 aliphatic heterocycles. The second kappa shape index (κ2) is 8.35. The Balaban J connectivity index is 1.80. The van der Waals surface area contributed by atoms with Crippen molar-refractivity contribution in [2.75, 3.05) is 6.26 Å². The zero-order chi connectivity index (χ0) is 23.0. The molecule has 2 heterocycles. The molecular weight excluding hydrogens is 425 g/mol. The number of halogens is 1. The van der Waals surface area contributed by atoms with Gasteiger partial charge in [-0.3, -0.25) is 15.0 Å². The maximum absolute atomic E-state index is 14.9. The van der Waals surface area contributed by atoms with Crippen molar-refractivity contribution in [1.29, 1.82) is 0 Å². The Kier molecular flexibility index (Phi) is 6.15. The first-order valence-electron chi connectivity index (χ1n) is 9.57. The summed E-state index contributed by atoms with van der Waals surface area (Å²) in [5.74, 6) is -1.49. The number of rotatable bonds is 6. The topological polar surface area (TPSA) is 118 Å². The van der Waals surface area contributed by atoms with Gasteiger partial charge in [-0.25, -0.2) is 18.3 Å². The van der Waals surface area contributed by atoms with E-state index in [1.54, 1.807) is 24.3 Å². The SMILES string of the molecule is Cc1cc(-c2ccc(C3=NO[C@@H](C[C@](C)(C(=O)NO)S(C)(=O)=O)C3)cc2F)cc(C)n1. The first kappa shape index (κ1) is 22.8. The van der Waals surface area contributed by atoms with Gasteiger partial charge in [0.25, 0.3) is 5.91 Å². The van der Waals surface area contributed by atoms with Crippen LogP contribution in [-0.2, 0) is 19.5 Å². The van der Waals surface area contributed by atoms with Crippen molar-refractivity contribution in [3.63, 3.8) is 0 Å². The van der Waals surface area contributed by atoms with Crippen LogP contribution in [0.15, 0.2) is 35.5 Å². The van der Waals surface area contributed by atoms with Crippen molar-refractivity contribution in [1.82, 2.24) is 10.5 Å². The van der Waals surface area contributed by atoms with E-state index in [-0.39, 0.29) is 12.8 Å². The fourth-order valence-electron chi connectivity index (χ4n) is 3.59. The number of amides is 1. The van der Waals surface area contributed by atoms with Gasteiger partial charge in [0.1, 0.15) is 11.9 Å². The minimum atomic E-state index is -3.86. The molecule has 10 heteroatoms. The first-order valence-corrected chi connectivity index (χ1v) is 11.5. The molecule has 0 unspecified atom stereocenters. The highest BCUT2D eigenvalue weighted by Gasteiger charge is 2.47. The Hall–Kier alpha value is -2.85. The van der Waals surface area contributed by atoms with Crippen molar-refractivity contribution in [3.8, 4) is 11.1 Å². The lowest BCUT2D eigenvalue weighted by Gasteiger charge is -2.26. The Bertz CT molecular complexity index is 1150. The average Bonchev–Trinajstić information content (AvgIpc) is 3.13. The van der Waals surface area contributed by atoms with Crippen LogP contribution in [0.3, 0.4) is 0 Å². The molecule has 2 N–H and O–H groups in total. The molecule has 2 aromatic rings. The lowest BCUT2D eigenvalue weighted by atomic mass is 9.95. The van der Waals surface area contributed by atoms with E-state index in [1.807, 2.05) is 13.8 Å². The van der Waals surface area contributed by atoms with Crippen LogP contribution in [0.25, 0.3) is 11.1 Å². The van der Waals surface area contributed by atoms with E-state index in [4.69, 9.17) is 10.0 Å². The molecule has 1 aliphatic rings. The number of oxime groups is 1. The molecule has 31 heavy (non-hydrogen) atoms. The molecule has 3 rings (SSSR count). The van der Waals surface area contributed by atoms with Crippen LogP contribution < -0.4 is 5.48 Å². The van der Waals surface area contributed by atoms with Gasteiger partial charge in [0.2, 0.25) is 0 Å². The molecule has 0 aliphatic carbocycles. The third-order valence-corrected chi connectivity index (χ3v) is 7.43. The monoisotopic (exact) mass is 449 g/mol. The molecular formula is C21H24FN3O5S. The number of hydrogen-bond acceptors (Lipinski definition) is 7. The van der Waals surface area contributed by atoms with E-state index in [9.17, 15) is 17.6 Å². The minimum Gasteiger partial charge on any atom is -0.392 e. The maximum atomic E-state index is 14.9. The highest BCUT2D eigenvalue weighted by Crippen LogP contribution is 2.31. The molecule has 166 valence electrons. The normalized spacial score (nSPS) is 18.1. The molecule has 8 nitrogen and oxygen atoms in total. The Morgan fingerprint density at radius 1 is 1.26 bits per heavy atom. The van der Waals surface area contributed by atoms with Crippen molar-refractivity contribution >= 4 is 21.5 Å². The largest absolute Gasteiger partial charge is 0.392 e. The fourth-order valence-corrected chi connectivity index (χ4v) is 4.46. The Morgan fingerprint density at radius 2 is 1.90 bits per heavy atom. The van der Waals surface area contributed by atoms with Crippen molar-refractivity contribution in [2.24, 2.45) is 5.16 Å². The van der Waals surface area contributed by atoms with Gasteiger partial charge < -0.3 is 4.84 Å². The molecule has 0 spiro atoms. The third-order valence-electron chi connectivity index (χ3n) is 5.45. The molecule has 0 fully saturated rings. The van der Waals surface area contributed by atoms with Gasteiger partial charge in [0.05, 0.1) is 5.71 Å². The summed E-state index contributed by atoms with van der Waals surface area (Å²) in [6.07, 6.45) is 0.160. The van der Waals surface area contributed by atoms with Crippen LogP contribution in [-0.4, -0.2) is 47.3 Å². The number of carbonyl (C=O) groups excluding carboxylic acids is 1. The highest BCUT2D eigenvalue weighted by atomic mass is 32.2. The summed E-state index contributed by atoms with van der Waals surface area (Å²) in [4.78, 5) is 21.6. The van der Waals surface area contributed by atoms with E-state index >= 15 is 0 Å². The lowest BCUT2D eigenvalue weighted by Crippen LogP contribution is -2.51. The number of nitrogens with one attached hydrogen (secondary N) is 1. The smallest absolute Gasteiger partial charge is 0.264 e. The van der Waals surface area contributed by atoms with Gasteiger partial charge in [-0.05, 0) is 44.5 Å². The summed E-state index contributed by atoms with van der Waals surface area (Å²) in [5.41, 5.74) is 5.06. The number of pyridine rings is 1. The molecule has 1 amide bonds. The minimum absolute atomic E-state index is 0.191. The summed E-state index contributed by atoms with van der Waals surface area (Å²) in [5, 5.41) is 12.9. The first-order chi connectivity index (χ1) is 14.4. The summed E-state index contributed by atoms with van der Waals surface area (Å²) in [7, 11) is -3.86. The van der Waals surface area contributed by atoms with Crippen molar-refractivity contribution in [3.05, 3.63) is 53.1 Å². The van der Waals surface area contributed by atoms with Gasteiger partial charge in [0, 0.05) is 41.6 Å². The van der Waals surface area contributed by atoms with E-state index in [2.05, 4.69) is 10.1 Å². The van der Waals surface area contributed by atoms with Gasteiger partial charge in [-0.1, -0.05) is 17.3 Å². The number of hydroxylamine groups is 1. The van der Waals surface area contributed by atoms with Crippen LogP contribution in [0.4, 0.5) is 4.39 Å². The number of carbonyl (C=O) groups is 1. The van der Waals surface area contributed by atoms with Gasteiger partial charge in [-0.15, -0.1) is 0 Å². The summed E-state index contributed by atoms with van der Waals surface area (Å²) in [6, 6.07) is 8.31. The predicted molar refractivity (Wildman–Crippen MR) is 113 cm³/mol. The fraction of sp³-hybridized carbons (Fsp3) is 0.381. The van der Waals surface area contributed by atoms with Gasteiger partial charge in [-0.2, -0.15) is 0 Å². The predicted octanol–water partition coefficient (Wildman–Crippen LogP) is 2.70. The van der Waals surface area contributed by atoms with E-state index in [0.717, 1.165) is 23.2 Å². The van der Waals surface area contributed by atoms with Crippen LogP contribution in [0.1, 0.15) is 36.7 Å². The quantitative estimate of drug-likeness (QED) is 0.517. The van der Waals surface area contributed by atoms with Gasteiger partial charge >= 0.3 is 0 Å². The van der Waals surface area contributed by atoms with Crippen LogP contribution >= 0.6 is 0 Å². The number of aromatic nitrogens is 1. The zero-order valence-electron chi connectivity index (χ0n) is 17.6. The Labute approximate surface area is 180 Å². The average molecular weight is 450 g/mol. The van der Waals surface area contributed by atoms with E-state index < -0.39 is 32.4 Å². The van der Waals surface area contributed by atoms with Crippen molar-refractivity contribution in [2.45, 2.75) is 44.5 Å². The second-order valence-electron chi connectivity index (χ2n) is 7.95. The molecule has 0 bridgehead atoms. The second-order valence-corrected chi connectivity index (χ2v) is 10.4. The van der Waals surface area contributed by atoms with Gasteiger partial charge in [0.15, 0.2) is 14.6 Å².